The number of aliphatic hydroxyl groups excluding tert-OH is 1. The molecule has 0 aromatic heterocycles. The number of carboxylic acids is 1. The van der Waals surface area contributed by atoms with Gasteiger partial charge in [-0.05, 0) is 12.8 Å². The van der Waals surface area contributed by atoms with E-state index in [1.165, 1.54) is 0 Å². The first-order valence-electron chi connectivity index (χ1n) is 5.96. The van der Waals surface area contributed by atoms with Crippen molar-refractivity contribution in [2.75, 3.05) is 6.61 Å². The molecule has 0 spiro atoms. The topological polar surface area (TPSA) is 113 Å². The Bertz CT molecular complexity index is 283. The maximum Gasteiger partial charge on any atom is 0.326 e. The van der Waals surface area contributed by atoms with Crippen molar-refractivity contribution in [2.24, 2.45) is 11.7 Å². The highest BCUT2D eigenvalue weighted by Gasteiger charge is 2.30. The van der Waals surface area contributed by atoms with E-state index in [0.717, 1.165) is 19.3 Å². The molecule has 0 radical (unpaired) electrons. The molecule has 0 bridgehead atoms. The zero-order chi connectivity index (χ0) is 12.8. The van der Waals surface area contributed by atoms with Gasteiger partial charge in [-0.3, -0.25) is 4.79 Å². The van der Waals surface area contributed by atoms with E-state index >= 15 is 0 Å². The van der Waals surface area contributed by atoms with E-state index in [9.17, 15) is 9.59 Å². The highest BCUT2D eigenvalue weighted by Crippen LogP contribution is 2.23. The maximum atomic E-state index is 11.9. The number of aliphatic hydroxyl groups is 1. The van der Waals surface area contributed by atoms with E-state index in [4.69, 9.17) is 15.9 Å². The van der Waals surface area contributed by atoms with Crippen LogP contribution in [0, 0.1) is 5.92 Å². The van der Waals surface area contributed by atoms with E-state index in [1.54, 1.807) is 0 Å². The summed E-state index contributed by atoms with van der Waals surface area (Å²) >= 11 is 0. The number of hydrogen-bond donors (Lipinski definition) is 4. The Hall–Kier alpha value is -1.14. The molecule has 1 aliphatic carbocycles. The average molecular weight is 244 g/mol. The molecule has 5 N–H and O–H groups in total. The number of amides is 1. The third-order valence-electron chi connectivity index (χ3n) is 3.19. The van der Waals surface area contributed by atoms with Crippen LogP contribution in [0.1, 0.15) is 32.1 Å². The van der Waals surface area contributed by atoms with Gasteiger partial charge in [0.05, 0.1) is 5.92 Å². The van der Waals surface area contributed by atoms with Gasteiger partial charge in [-0.1, -0.05) is 12.8 Å². The van der Waals surface area contributed by atoms with Gasteiger partial charge < -0.3 is 21.3 Å². The van der Waals surface area contributed by atoms with Gasteiger partial charge in [0.25, 0.3) is 0 Å². The van der Waals surface area contributed by atoms with Crippen molar-refractivity contribution in [1.29, 1.82) is 0 Å². The number of nitrogens with one attached hydrogen (secondary N) is 1. The molecule has 3 atom stereocenters. The van der Waals surface area contributed by atoms with Crippen LogP contribution in [0.15, 0.2) is 0 Å². The summed E-state index contributed by atoms with van der Waals surface area (Å²) in [5.74, 6) is -1.74. The second-order valence-electron chi connectivity index (χ2n) is 4.47. The van der Waals surface area contributed by atoms with E-state index in [0.29, 0.717) is 6.42 Å². The van der Waals surface area contributed by atoms with Gasteiger partial charge in [0, 0.05) is 19.1 Å². The Morgan fingerprint density at radius 2 is 2.00 bits per heavy atom. The molecule has 1 fully saturated rings. The van der Waals surface area contributed by atoms with Crippen LogP contribution in [0.4, 0.5) is 0 Å². The van der Waals surface area contributed by atoms with Crippen LogP contribution in [0.5, 0.6) is 0 Å². The van der Waals surface area contributed by atoms with Crippen LogP contribution in [0.2, 0.25) is 0 Å². The average Bonchev–Trinajstić information content (AvgIpc) is 2.28. The monoisotopic (exact) mass is 244 g/mol. The molecule has 0 aromatic carbocycles. The molecule has 1 amide bonds. The lowest BCUT2D eigenvalue weighted by Crippen LogP contribution is -2.49. The molecular formula is C11H20N2O4. The van der Waals surface area contributed by atoms with E-state index in [-0.39, 0.29) is 30.9 Å². The first-order valence-corrected chi connectivity index (χ1v) is 5.96. The first kappa shape index (κ1) is 13.9. The summed E-state index contributed by atoms with van der Waals surface area (Å²) < 4.78 is 0. The summed E-state index contributed by atoms with van der Waals surface area (Å²) in [6, 6.07) is -1.21. The Balaban J connectivity index is 2.53. The van der Waals surface area contributed by atoms with Gasteiger partial charge in [-0.25, -0.2) is 4.79 Å². The quantitative estimate of drug-likeness (QED) is 0.518. The van der Waals surface area contributed by atoms with Crippen molar-refractivity contribution >= 4 is 11.9 Å². The largest absolute Gasteiger partial charge is 0.480 e. The molecule has 2 unspecified atom stereocenters. The van der Waals surface area contributed by atoms with Gasteiger partial charge >= 0.3 is 5.97 Å². The molecular weight excluding hydrogens is 224 g/mol. The SMILES string of the molecule is NC1CCCCC1C(=O)N[C@H](CCO)C(=O)O. The van der Waals surface area contributed by atoms with Crippen molar-refractivity contribution in [3.05, 3.63) is 0 Å². The van der Waals surface area contributed by atoms with Crippen molar-refractivity contribution in [3.63, 3.8) is 0 Å². The van der Waals surface area contributed by atoms with Crippen molar-refractivity contribution in [3.8, 4) is 0 Å². The molecule has 1 aliphatic rings. The fourth-order valence-corrected chi connectivity index (χ4v) is 2.15. The van der Waals surface area contributed by atoms with Crippen LogP contribution in [-0.4, -0.2) is 40.8 Å². The molecule has 6 heteroatoms. The van der Waals surface area contributed by atoms with E-state index < -0.39 is 12.0 Å². The lowest BCUT2D eigenvalue weighted by Gasteiger charge is -2.28. The Labute approximate surface area is 100 Å². The molecule has 0 aliphatic heterocycles. The second-order valence-corrected chi connectivity index (χ2v) is 4.47. The molecule has 17 heavy (non-hydrogen) atoms. The summed E-state index contributed by atoms with van der Waals surface area (Å²) in [5.41, 5.74) is 5.85. The minimum atomic E-state index is -1.13. The minimum Gasteiger partial charge on any atom is -0.480 e. The molecule has 1 rings (SSSR count). The van der Waals surface area contributed by atoms with Gasteiger partial charge in [0.1, 0.15) is 6.04 Å². The predicted molar refractivity (Wildman–Crippen MR) is 61.2 cm³/mol. The molecule has 0 heterocycles. The van der Waals surface area contributed by atoms with Crippen LogP contribution in [-0.2, 0) is 9.59 Å². The van der Waals surface area contributed by atoms with Crippen LogP contribution >= 0.6 is 0 Å². The number of carboxylic acid groups (broad SMARTS) is 1. The van der Waals surface area contributed by atoms with Gasteiger partial charge in [-0.15, -0.1) is 0 Å². The predicted octanol–water partition coefficient (Wildman–Crippen LogP) is -0.544. The Morgan fingerprint density at radius 3 is 2.53 bits per heavy atom. The lowest BCUT2D eigenvalue weighted by molar-refractivity contribution is -0.143. The zero-order valence-electron chi connectivity index (χ0n) is 9.76. The number of rotatable bonds is 5. The third kappa shape index (κ3) is 3.98. The Morgan fingerprint density at radius 1 is 1.35 bits per heavy atom. The Kier molecular flexibility index (Phi) is 5.37. The van der Waals surface area contributed by atoms with Crippen LogP contribution in [0.3, 0.4) is 0 Å². The van der Waals surface area contributed by atoms with Gasteiger partial charge in [-0.2, -0.15) is 0 Å². The summed E-state index contributed by atoms with van der Waals surface area (Å²) in [7, 11) is 0. The number of nitrogens with two attached hydrogens (primary N) is 1. The summed E-state index contributed by atoms with van der Waals surface area (Å²) in [6.07, 6.45) is 3.49. The molecule has 98 valence electrons. The summed E-state index contributed by atoms with van der Waals surface area (Å²) in [4.78, 5) is 22.7. The lowest BCUT2D eigenvalue weighted by atomic mass is 9.84. The van der Waals surface area contributed by atoms with E-state index in [1.807, 2.05) is 0 Å². The fourth-order valence-electron chi connectivity index (χ4n) is 2.15. The van der Waals surface area contributed by atoms with Crippen molar-refractivity contribution in [2.45, 2.75) is 44.2 Å². The van der Waals surface area contributed by atoms with E-state index in [2.05, 4.69) is 5.32 Å². The van der Waals surface area contributed by atoms with Crippen molar-refractivity contribution in [1.82, 2.24) is 5.32 Å². The summed E-state index contributed by atoms with van der Waals surface area (Å²) in [5, 5.41) is 20.0. The normalized spacial score (nSPS) is 26.2. The van der Waals surface area contributed by atoms with Crippen LogP contribution in [0.25, 0.3) is 0 Å². The molecule has 0 aromatic rings. The maximum absolute atomic E-state index is 11.9. The highest BCUT2D eigenvalue weighted by atomic mass is 16.4. The minimum absolute atomic E-state index is 0.0169. The highest BCUT2D eigenvalue weighted by molar-refractivity contribution is 5.85. The second kappa shape index (κ2) is 6.56. The fraction of sp³-hybridized carbons (Fsp3) is 0.818. The molecule has 6 nitrogen and oxygen atoms in total. The number of carbonyl (C=O) groups is 2. The van der Waals surface area contributed by atoms with Gasteiger partial charge in [0.2, 0.25) is 5.91 Å². The number of hydrogen-bond acceptors (Lipinski definition) is 4. The third-order valence-corrected chi connectivity index (χ3v) is 3.19. The number of aliphatic carboxylic acids is 1. The summed E-state index contributed by atoms with van der Waals surface area (Å²) in [6.45, 7) is -0.270. The van der Waals surface area contributed by atoms with Crippen LogP contribution < -0.4 is 11.1 Å². The smallest absolute Gasteiger partial charge is 0.326 e. The van der Waals surface area contributed by atoms with Gasteiger partial charge in [0.15, 0.2) is 0 Å². The standard InChI is InChI=1S/C11H20N2O4/c12-8-4-2-1-3-7(8)10(15)13-9(5-6-14)11(16)17/h7-9,14H,1-6,12H2,(H,13,15)(H,16,17)/t7?,8?,9-/m1/s1. The number of carbonyl (C=O) groups excluding carboxylic acids is 1. The molecule has 1 saturated carbocycles. The molecule has 0 saturated heterocycles. The zero-order valence-corrected chi connectivity index (χ0v) is 9.76. The van der Waals surface area contributed by atoms with Crippen molar-refractivity contribution < 1.29 is 19.8 Å². The first-order chi connectivity index (χ1) is 8.06.